The van der Waals surface area contributed by atoms with Gasteiger partial charge in [0.1, 0.15) is 12.3 Å². The van der Waals surface area contributed by atoms with Crippen LogP contribution in [0.2, 0.25) is 0 Å². The largest absolute Gasteiger partial charge is 0.497 e. The number of amides is 1. The Bertz CT molecular complexity index is 1120. The summed E-state index contributed by atoms with van der Waals surface area (Å²) in [5, 5.41) is 5.36. The van der Waals surface area contributed by atoms with Crippen molar-refractivity contribution in [1.82, 2.24) is 14.9 Å². The summed E-state index contributed by atoms with van der Waals surface area (Å²) >= 11 is 0. The van der Waals surface area contributed by atoms with Crippen LogP contribution in [0.25, 0.3) is 21.8 Å². The van der Waals surface area contributed by atoms with Crippen molar-refractivity contribution in [1.29, 1.82) is 0 Å². The third-order valence-electron chi connectivity index (χ3n) is 5.28. The number of hydrogen-bond acceptors (Lipinski definition) is 2. The van der Waals surface area contributed by atoms with E-state index in [1.54, 1.807) is 7.11 Å². The van der Waals surface area contributed by atoms with Crippen molar-refractivity contribution >= 4 is 27.7 Å². The molecule has 2 N–H and O–H groups in total. The summed E-state index contributed by atoms with van der Waals surface area (Å²) in [5.74, 6) is 0.835. The van der Waals surface area contributed by atoms with Gasteiger partial charge < -0.3 is 19.6 Å². The molecule has 0 aliphatic rings. The molecule has 0 atom stereocenters. The zero-order valence-corrected chi connectivity index (χ0v) is 16.3. The number of fused-ring (bicyclic) bond motifs is 2. The quantitative estimate of drug-likeness (QED) is 0.512. The molecule has 0 fully saturated rings. The molecule has 0 saturated heterocycles. The van der Waals surface area contributed by atoms with Crippen LogP contribution in [-0.2, 0) is 24.2 Å². The van der Waals surface area contributed by atoms with Crippen molar-refractivity contribution < 1.29 is 9.53 Å². The van der Waals surface area contributed by atoms with Crippen molar-refractivity contribution in [2.75, 3.05) is 13.7 Å². The van der Waals surface area contributed by atoms with Crippen molar-refractivity contribution in [3.63, 3.8) is 0 Å². The van der Waals surface area contributed by atoms with E-state index in [2.05, 4.69) is 41.6 Å². The maximum atomic E-state index is 12.4. The highest BCUT2D eigenvalue weighted by Gasteiger charge is 2.09. The lowest BCUT2D eigenvalue weighted by Gasteiger charge is -2.08. The topological polar surface area (TPSA) is 59.1 Å². The maximum Gasteiger partial charge on any atom is 0.239 e. The monoisotopic (exact) mass is 375 g/mol. The van der Waals surface area contributed by atoms with Gasteiger partial charge in [0.2, 0.25) is 5.91 Å². The van der Waals surface area contributed by atoms with Gasteiger partial charge in [0.25, 0.3) is 0 Å². The number of H-pyrrole nitrogens is 1. The number of aryl methyl sites for hydroxylation is 1. The first-order valence-corrected chi connectivity index (χ1v) is 9.67. The number of methoxy groups -OCH3 is 1. The van der Waals surface area contributed by atoms with Crippen LogP contribution in [0.5, 0.6) is 5.75 Å². The second-order valence-corrected chi connectivity index (χ2v) is 6.98. The highest BCUT2D eigenvalue weighted by Crippen LogP contribution is 2.23. The first kappa shape index (κ1) is 18.2. The molecule has 0 saturated carbocycles. The fourth-order valence-corrected chi connectivity index (χ4v) is 3.77. The van der Waals surface area contributed by atoms with Crippen LogP contribution in [0.4, 0.5) is 0 Å². The summed E-state index contributed by atoms with van der Waals surface area (Å²) in [6.45, 7) is 3.09. The number of nitrogens with one attached hydrogen (secondary N) is 2. The molecule has 0 spiro atoms. The molecule has 0 bridgehead atoms. The average Bonchev–Trinajstić information content (AvgIpc) is 3.31. The number of benzene rings is 2. The lowest BCUT2D eigenvalue weighted by Crippen LogP contribution is -2.29. The third kappa shape index (κ3) is 3.48. The van der Waals surface area contributed by atoms with E-state index in [0.717, 1.165) is 29.5 Å². The zero-order valence-electron chi connectivity index (χ0n) is 16.3. The number of carbonyl (C=O) groups is 1. The molecule has 1 amide bonds. The standard InChI is InChI=1S/C23H25N3O2/c1-3-16-5-4-6-20-18(14-25-23(16)20)9-11-24-22(27)15-26-12-10-17-13-19(28-2)7-8-21(17)26/h4-8,10,12-14,25H,3,9,11,15H2,1-2H3,(H,24,27). The van der Waals surface area contributed by atoms with E-state index < -0.39 is 0 Å². The van der Waals surface area contributed by atoms with Gasteiger partial charge in [-0.05, 0) is 48.2 Å². The number of aromatic amines is 1. The molecule has 5 heteroatoms. The Kier molecular flexibility index (Phi) is 5.06. The Hall–Kier alpha value is -3.21. The summed E-state index contributed by atoms with van der Waals surface area (Å²) in [6, 6.07) is 14.3. The summed E-state index contributed by atoms with van der Waals surface area (Å²) < 4.78 is 7.22. The van der Waals surface area contributed by atoms with Gasteiger partial charge in [-0.15, -0.1) is 0 Å². The van der Waals surface area contributed by atoms with Crippen LogP contribution in [-0.4, -0.2) is 29.1 Å². The van der Waals surface area contributed by atoms with Gasteiger partial charge in [-0.1, -0.05) is 25.1 Å². The minimum atomic E-state index is 0.0161. The number of para-hydroxylation sites is 1. The molecule has 4 rings (SSSR count). The molecule has 2 aromatic carbocycles. The highest BCUT2D eigenvalue weighted by molar-refractivity contribution is 5.86. The summed E-state index contributed by atoms with van der Waals surface area (Å²) in [5.41, 5.74) is 4.80. The SMILES string of the molecule is CCc1cccc2c(CCNC(=O)Cn3ccc4cc(OC)ccc43)c[nH]c12. The zero-order chi connectivity index (χ0) is 19.5. The normalized spacial score (nSPS) is 11.2. The molecule has 28 heavy (non-hydrogen) atoms. The van der Waals surface area contributed by atoms with E-state index in [9.17, 15) is 4.79 Å². The molecular weight excluding hydrogens is 350 g/mol. The fraction of sp³-hybridized carbons (Fsp3) is 0.261. The predicted octanol–water partition coefficient (Wildman–Crippen LogP) is 4.05. The first-order chi connectivity index (χ1) is 13.7. The second kappa shape index (κ2) is 7.80. The van der Waals surface area contributed by atoms with Gasteiger partial charge in [-0.2, -0.15) is 0 Å². The van der Waals surface area contributed by atoms with Crippen LogP contribution in [0.3, 0.4) is 0 Å². The number of hydrogen-bond donors (Lipinski definition) is 2. The Morgan fingerprint density at radius 2 is 2.07 bits per heavy atom. The van der Waals surface area contributed by atoms with Crippen LogP contribution < -0.4 is 10.1 Å². The van der Waals surface area contributed by atoms with Gasteiger partial charge in [-0.3, -0.25) is 4.79 Å². The van der Waals surface area contributed by atoms with Crippen molar-refractivity contribution in [2.24, 2.45) is 0 Å². The fourth-order valence-electron chi connectivity index (χ4n) is 3.77. The molecule has 0 aliphatic carbocycles. The number of ether oxygens (including phenoxy) is 1. The number of aromatic nitrogens is 2. The molecule has 2 aromatic heterocycles. The van der Waals surface area contributed by atoms with Crippen molar-refractivity contribution in [2.45, 2.75) is 26.3 Å². The summed E-state index contributed by atoms with van der Waals surface area (Å²) in [4.78, 5) is 15.8. The Balaban J connectivity index is 1.38. The predicted molar refractivity (Wildman–Crippen MR) is 113 cm³/mol. The third-order valence-corrected chi connectivity index (χ3v) is 5.28. The number of carbonyl (C=O) groups excluding carboxylic acids is 1. The van der Waals surface area contributed by atoms with E-state index >= 15 is 0 Å². The molecule has 0 aliphatic heterocycles. The second-order valence-electron chi connectivity index (χ2n) is 6.98. The van der Waals surface area contributed by atoms with Crippen molar-refractivity contribution in [3.05, 3.63) is 66.0 Å². The van der Waals surface area contributed by atoms with E-state index in [-0.39, 0.29) is 5.91 Å². The average molecular weight is 375 g/mol. The van der Waals surface area contributed by atoms with Gasteiger partial charge in [0.15, 0.2) is 0 Å². The lowest BCUT2D eigenvalue weighted by atomic mass is 10.1. The molecule has 4 aromatic rings. The molecule has 2 heterocycles. The minimum absolute atomic E-state index is 0.0161. The Morgan fingerprint density at radius 1 is 1.18 bits per heavy atom. The van der Waals surface area contributed by atoms with Gasteiger partial charge in [-0.25, -0.2) is 0 Å². The van der Waals surface area contributed by atoms with Crippen LogP contribution in [0.1, 0.15) is 18.1 Å². The molecular formula is C23H25N3O2. The highest BCUT2D eigenvalue weighted by atomic mass is 16.5. The van der Waals surface area contributed by atoms with Crippen LogP contribution in [0, 0.1) is 0 Å². The molecule has 0 unspecified atom stereocenters. The molecule has 0 radical (unpaired) electrons. The van der Waals surface area contributed by atoms with Gasteiger partial charge in [0.05, 0.1) is 7.11 Å². The molecule has 144 valence electrons. The van der Waals surface area contributed by atoms with Gasteiger partial charge in [0, 0.05) is 40.7 Å². The molecule has 5 nitrogen and oxygen atoms in total. The van der Waals surface area contributed by atoms with E-state index in [4.69, 9.17) is 4.74 Å². The maximum absolute atomic E-state index is 12.4. The van der Waals surface area contributed by atoms with Crippen molar-refractivity contribution in [3.8, 4) is 5.75 Å². The number of nitrogens with zero attached hydrogens (tertiary/aromatic N) is 1. The summed E-state index contributed by atoms with van der Waals surface area (Å²) in [6.07, 6.45) is 5.81. The summed E-state index contributed by atoms with van der Waals surface area (Å²) in [7, 11) is 1.66. The van der Waals surface area contributed by atoms with E-state index in [1.165, 1.54) is 22.0 Å². The smallest absolute Gasteiger partial charge is 0.239 e. The van der Waals surface area contributed by atoms with Crippen LogP contribution >= 0.6 is 0 Å². The minimum Gasteiger partial charge on any atom is -0.497 e. The Morgan fingerprint density at radius 3 is 2.89 bits per heavy atom. The van der Waals surface area contributed by atoms with E-state index in [0.29, 0.717) is 13.1 Å². The van der Waals surface area contributed by atoms with E-state index in [1.807, 2.05) is 35.0 Å². The lowest BCUT2D eigenvalue weighted by molar-refractivity contribution is -0.121. The van der Waals surface area contributed by atoms with Gasteiger partial charge >= 0.3 is 0 Å². The first-order valence-electron chi connectivity index (χ1n) is 9.67. The van der Waals surface area contributed by atoms with Crippen LogP contribution in [0.15, 0.2) is 54.9 Å². The number of rotatable bonds is 7. The Labute approximate surface area is 164 Å².